The van der Waals surface area contributed by atoms with E-state index in [9.17, 15) is 17.7 Å². The Kier molecular flexibility index (Phi) is 8.46. The van der Waals surface area contributed by atoms with E-state index in [1.165, 1.54) is 38.4 Å². The molecule has 32 heavy (non-hydrogen) atoms. The average Bonchev–Trinajstić information content (AvgIpc) is 2.71. The number of hydrogen-bond donors (Lipinski definition) is 0. The van der Waals surface area contributed by atoms with Crippen molar-refractivity contribution < 1.29 is 32.1 Å². The average molecular weight is 451 g/mol. The summed E-state index contributed by atoms with van der Waals surface area (Å²) >= 11 is 0. The number of ether oxygens (including phenoxy) is 1. The standard InChI is InChI=1S/C22H21F4N3O3/c1-15-6-5-7-19(21(28-30-4)29(3)26)20(15)14-31-27-16(2)8-9-17-10-12-18(13-11-17)32-22(23,24)25/h5-7,10-13H,14H2,1-4H3/b27-16+,28-21+. The molecule has 0 saturated carbocycles. The number of amidine groups is 1. The highest BCUT2D eigenvalue weighted by Crippen LogP contribution is 2.22. The lowest BCUT2D eigenvalue weighted by molar-refractivity contribution is -0.274. The van der Waals surface area contributed by atoms with Crippen LogP contribution in [0.1, 0.15) is 29.2 Å². The minimum Gasteiger partial charge on any atom is -0.406 e. The first-order valence-corrected chi connectivity index (χ1v) is 9.24. The van der Waals surface area contributed by atoms with E-state index in [1.807, 2.05) is 13.0 Å². The van der Waals surface area contributed by atoms with E-state index in [0.717, 1.165) is 5.56 Å². The molecule has 0 heterocycles. The third-order valence-electron chi connectivity index (χ3n) is 4.01. The molecule has 6 nitrogen and oxygen atoms in total. The molecule has 0 atom stereocenters. The Balaban J connectivity index is 2.09. The van der Waals surface area contributed by atoms with Crippen LogP contribution in [0, 0.1) is 18.8 Å². The monoisotopic (exact) mass is 451 g/mol. The SMILES string of the molecule is CO/N=C(\c1cccc(C)c1CO/N=C(\C)C#Cc1ccc(OC(F)(F)F)cc1)N(C)F. The third-order valence-corrected chi connectivity index (χ3v) is 4.01. The smallest absolute Gasteiger partial charge is 0.406 e. The number of hydrogen-bond acceptors (Lipinski definition) is 5. The molecule has 0 spiro atoms. The molecule has 2 aromatic carbocycles. The van der Waals surface area contributed by atoms with Crippen molar-refractivity contribution in [3.63, 3.8) is 0 Å². The van der Waals surface area contributed by atoms with Gasteiger partial charge in [0.05, 0.1) is 0 Å². The number of rotatable bonds is 6. The Morgan fingerprint density at radius 3 is 2.38 bits per heavy atom. The second kappa shape index (κ2) is 11.0. The van der Waals surface area contributed by atoms with Gasteiger partial charge in [-0.05, 0) is 49.6 Å². The molecule has 0 aliphatic rings. The molecule has 0 unspecified atom stereocenters. The van der Waals surface area contributed by atoms with Gasteiger partial charge in [-0.2, -0.15) is 5.12 Å². The van der Waals surface area contributed by atoms with Crippen molar-refractivity contribution >= 4 is 11.5 Å². The highest BCUT2D eigenvalue weighted by molar-refractivity contribution is 5.99. The van der Waals surface area contributed by atoms with Gasteiger partial charge in [0.15, 0.2) is 0 Å². The summed E-state index contributed by atoms with van der Waals surface area (Å²) in [6, 6.07) is 10.4. The van der Waals surface area contributed by atoms with Gasteiger partial charge in [0.2, 0.25) is 5.84 Å². The van der Waals surface area contributed by atoms with Crippen LogP contribution in [0.25, 0.3) is 0 Å². The summed E-state index contributed by atoms with van der Waals surface area (Å²) in [7, 11) is 2.52. The molecule has 0 saturated heterocycles. The van der Waals surface area contributed by atoms with E-state index < -0.39 is 6.36 Å². The molecular formula is C22H21F4N3O3. The molecule has 0 fully saturated rings. The third kappa shape index (κ3) is 7.50. The molecule has 0 N–H and O–H groups in total. The largest absolute Gasteiger partial charge is 0.573 e. The topological polar surface area (TPSA) is 55.6 Å². The van der Waals surface area contributed by atoms with Crippen LogP contribution >= 0.6 is 0 Å². The van der Waals surface area contributed by atoms with E-state index in [0.29, 0.717) is 27.5 Å². The lowest BCUT2D eigenvalue weighted by Gasteiger charge is -2.15. The summed E-state index contributed by atoms with van der Waals surface area (Å²) in [6.07, 6.45) is -4.75. The highest BCUT2D eigenvalue weighted by Gasteiger charge is 2.30. The molecule has 2 aromatic rings. The Bertz CT molecular complexity index is 1040. The molecule has 0 aromatic heterocycles. The molecule has 0 radical (unpaired) electrons. The van der Waals surface area contributed by atoms with Crippen LogP contribution in [0.2, 0.25) is 0 Å². The van der Waals surface area contributed by atoms with Crippen molar-refractivity contribution in [2.75, 3.05) is 14.2 Å². The van der Waals surface area contributed by atoms with Crippen LogP contribution in [0.5, 0.6) is 5.75 Å². The minimum absolute atomic E-state index is 0.0201. The zero-order chi connectivity index (χ0) is 23.7. The maximum atomic E-state index is 13.8. The Morgan fingerprint density at radius 2 is 1.78 bits per heavy atom. The number of oxime groups is 2. The van der Waals surface area contributed by atoms with Crippen LogP contribution in [-0.4, -0.2) is 37.2 Å². The zero-order valence-electron chi connectivity index (χ0n) is 17.8. The number of aryl methyl sites for hydroxylation is 1. The molecule has 170 valence electrons. The fraction of sp³-hybridized carbons (Fsp3) is 0.273. The van der Waals surface area contributed by atoms with Gasteiger partial charge in [-0.15, -0.1) is 13.2 Å². The summed E-state index contributed by atoms with van der Waals surface area (Å²) in [6.45, 7) is 3.48. The predicted molar refractivity (Wildman–Crippen MR) is 111 cm³/mol. The second-order valence-electron chi connectivity index (χ2n) is 6.45. The van der Waals surface area contributed by atoms with Gasteiger partial charge in [-0.25, -0.2) is 0 Å². The summed E-state index contributed by atoms with van der Waals surface area (Å²) in [5, 5.41) is 7.97. The van der Waals surface area contributed by atoms with Gasteiger partial charge in [0, 0.05) is 23.7 Å². The van der Waals surface area contributed by atoms with Gasteiger partial charge in [0.1, 0.15) is 25.2 Å². The maximum Gasteiger partial charge on any atom is 0.573 e. The Morgan fingerprint density at radius 1 is 1.09 bits per heavy atom. The summed E-state index contributed by atoms with van der Waals surface area (Å²) in [5.41, 5.74) is 2.80. The van der Waals surface area contributed by atoms with Crippen molar-refractivity contribution in [3.05, 3.63) is 64.7 Å². The van der Waals surface area contributed by atoms with Crippen molar-refractivity contribution in [3.8, 4) is 17.6 Å². The van der Waals surface area contributed by atoms with E-state index in [1.54, 1.807) is 19.1 Å². The van der Waals surface area contributed by atoms with Gasteiger partial charge in [-0.3, -0.25) is 0 Å². The first-order chi connectivity index (χ1) is 15.1. The van der Waals surface area contributed by atoms with Crippen molar-refractivity contribution in [1.29, 1.82) is 0 Å². The summed E-state index contributed by atoms with van der Waals surface area (Å²) < 4.78 is 54.2. The minimum atomic E-state index is -4.75. The molecule has 0 aliphatic carbocycles. The normalized spacial score (nSPS) is 12.0. The van der Waals surface area contributed by atoms with Crippen LogP contribution < -0.4 is 4.74 Å². The molecule has 0 aliphatic heterocycles. The first kappa shape index (κ1) is 24.5. The quantitative estimate of drug-likeness (QED) is 0.156. The van der Waals surface area contributed by atoms with Gasteiger partial charge >= 0.3 is 6.36 Å². The van der Waals surface area contributed by atoms with E-state index in [-0.39, 0.29) is 18.2 Å². The second-order valence-corrected chi connectivity index (χ2v) is 6.45. The molecule has 2 rings (SSSR count). The lowest BCUT2D eigenvalue weighted by atomic mass is 10.0. The van der Waals surface area contributed by atoms with E-state index in [4.69, 9.17) is 9.68 Å². The van der Waals surface area contributed by atoms with Crippen molar-refractivity contribution in [2.24, 2.45) is 10.3 Å². The molecule has 0 bridgehead atoms. The van der Waals surface area contributed by atoms with Crippen molar-refractivity contribution in [2.45, 2.75) is 26.8 Å². The molecule has 10 heteroatoms. The number of alkyl halides is 3. The van der Waals surface area contributed by atoms with Crippen LogP contribution in [0.3, 0.4) is 0 Å². The Hall–Kier alpha value is -3.74. The number of benzene rings is 2. The molecular weight excluding hydrogens is 430 g/mol. The van der Waals surface area contributed by atoms with Gasteiger partial charge in [-0.1, -0.05) is 38.9 Å². The van der Waals surface area contributed by atoms with Gasteiger partial charge in [0.25, 0.3) is 0 Å². The van der Waals surface area contributed by atoms with Gasteiger partial charge < -0.3 is 14.4 Å². The van der Waals surface area contributed by atoms with Crippen LogP contribution in [0.4, 0.5) is 17.7 Å². The van der Waals surface area contributed by atoms with E-state index >= 15 is 0 Å². The van der Waals surface area contributed by atoms with Crippen molar-refractivity contribution in [1.82, 2.24) is 5.12 Å². The summed E-state index contributed by atoms with van der Waals surface area (Å²) in [4.78, 5) is 10.1. The molecule has 0 amide bonds. The first-order valence-electron chi connectivity index (χ1n) is 9.24. The number of halogens is 4. The Labute approximate surface area is 183 Å². The van der Waals surface area contributed by atoms with Crippen LogP contribution in [0.15, 0.2) is 52.8 Å². The summed E-state index contributed by atoms with van der Waals surface area (Å²) in [5.74, 6) is 5.16. The fourth-order valence-electron chi connectivity index (χ4n) is 2.58. The maximum absolute atomic E-state index is 13.8. The van der Waals surface area contributed by atoms with Crippen LogP contribution in [-0.2, 0) is 16.3 Å². The lowest BCUT2D eigenvalue weighted by Crippen LogP contribution is -2.21. The fourth-order valence-corrected chi connectivity index (χ4v) is 2.58. The zero-order valence-corrected chi connectivity index (χ0v) is 17.8. The van der Waals surface area contributed by atoms with E-state index in [2.05, 4.69) is 26.9 Å². The highest BCUT2D eigenvalue weighted by atomic mass is 19.4. The number of nitrogens with zero attached hydrogens (tertiary/aromatic N) is 3. The predicted octanol–water partition coefficient (Wildman–Crippen LogP) is 4.96.